The minimum Gasteiger partial charge on any atom is -0.465 e. The Balaban J connectivity index is 1.77. The Morgan fingerprint density at radius 3 is 2.56 bits per heavy atom. The van der Waals surface area contributed by atoms with Gasteiger partial charge in [0.2, 0.25) is 5.91 Å². The maximum atomic E-state index is 14.2. The molecule has 0 saturated carbocycles. The van der Waals surface area contributed by atoms with E-state index in [1.807, 2.05) is 6.92 Å². The van der Waals surface area contributed by atoms with Crippen molar-refractivity contribution in [2.24, 2.45) is 0 Å². The average Bonchev–Trinajstić information content (AvgIpc) is 3.37. The molecule has 0 fully saturated rings. The van der Waals surface area contributed by atoms with Gasteiger partial charge in [-0.1, -0.05) is 19.1 Å². The maximum absolute atomic E-state index is 14.2. The number of aromatic amines is 1. The van der Waals surface area contributed by atoms with Crippen LogP contribution in [0.2, 0.25) is 0 Å². The molecule has 0 saturated heterocycles. The molecule has 0 radical (unpaired) electrons. The third-order valence-electron chi connectivity index (χ3n) is 4.77. The summed E-state index contributed by atoms with van der Waals surface area (Å²) in [6.07, 6.45) is 0.505. The smallest absolute Gasteiger partial charge is 0.355 e. The molecular formula is C22H22FN3O5S. The second-order valence-corrected chi connectivity index (χ2v) is 7.66. The Morgan fingerprint density at radius 2 is 1.94 bits per heavy atom. The Kier molecular flexibility index (Phi) is 7.04. The summed E-state index contributed by atoms with van der Waals surface area (Å²) >= 11 is 1.12. The predicted octanol–water partition coefficient (Wildman–Crippen LogP) is 4.31. The van der Waals surface area contributed by atoms with Crippen LogP contribution in [-0.2, 0) is 27.3 Å². The predicted molar refractivity (Wildman–Crippen MR) is 117 cm³/mol. The number of aryl methyl sites for hydroxylation is 1. The van der Waals surface area contributed by atoms with E-state index in [1.165, 1.54) is 32.2 Å². The number of H-pyrrole nitrogens is 1. The van der Waals surface area contributed by atoms with Gasteiger partial charge in [-0.3, -0.25) is 9.69 Å². The van der Waals surface area contributed by atoms with Gasteiger partial charge >= 0.3 is 11.9 Å². The summed E-state index contributed by atoms with van der Waals surface area (Å²) in [5.41, 5.74) is 1.99. The molecule has 1 amide bonds. The highest BCUT2D eigenvalue weighted by molar-refractivity contribution is 7.14. The molecule has 3 aromatic rings. The second kappa shape index (κ2) is 9.73. The van der Waals surface area contributed by atoms with Crippen molar-refractivity contribution in [3.05, 3.63) is 63.7 Å². The number of anilines is 2. The topological polar surface area (TPSA) is 102 Å². The van der Waals surface area contributed by atoms with Gasteiger partial charge in [-0.2, -0.15) is 0 Å². The molecule has 3 rings (SSSR count). The number of carbonyl (C=O) groups is 3. The van der Waals surface area contributed by atoms with Crippen molar-refractivity contribution >= 4 is 40.0 Å². The number of esters is 2. The number of hydrogen-bond donors (Lipinski definition) is 1. The van der Waals surface area contributed by atoms with Crippen LogP contribution in [-0.4, -0.2) is 34.9 Å². The van der Waals surface area contributed by atoms with Crippen LogP contribution in [0.3, 0.4) is 0 Å². The molecule has 2 heterocycles. The Morgan fingerprint density at radius 1 is 1.22 bits per heavy atom. The molecule has 10 heteroatoms. The summed E-state index contributed by atoms with van der Waals surface area (Å²) in [4.78, 5) is 45.2. The van der Waals surface area contributed by atoms with Crippen LogP contribution >= 0.6 is 11.3 Å². The fourth-order valence-electron chi connectivity index (χ4n) is 3.22. The van der Waals surface area contributed by atoms with E-state index >= 15 is 0 Å². The number of halogens is 1. The molecule has 1 aromatic carbocycles. The number of rotatable bonds is 7. The summed E-state index contributed by atoms with van der Waals surface area (Å²) in [6, 6.07) is 5.89. The highest BCUT2D eigenvalue weighted by atomic mass is 32.1. The van der Waals surface area contributed by atoms with Gasteiger partial charge in [0.25, 0.3) is 0 Å². The summed E-state index contributed by atoms with van der Waals surface area (Å²) in [5.74, 6) is -2.14. The van der Waals surface area contributed by atoms with Crippen LogP contribution in [0.5, 0.6) is 0 Å². The quantitative estimate of drug-likeness (QED) is 0.529. The van der Waals surface area contributed by atoms with Crippen molar-refractivity contribution in [1.29, 1.82) is 0 Å². The number of nitrogens with one attached hydrogen (secondary N) is 1. The van der Waals surface area contributed by atoms with Crippen LogP contribution in [0.4, 0.5) is 15.2 Å². The van der Waals surface area contributed by atoms with Gasteiger partial charge in [-0.05, 0) is 31.0 Å². The second-order valence-electron chi connectivity index (χ2n) is 6.83. The van der Waals surface area contributed by atoms with E-state index in [4.69, 9.17) is 9.47 Å². The van der Waals surface area contributed by atoms with Crippen molar-refractivity contribution in [2.75, 3.05) is 12.0 Å². The van der Waals surface area contributed by atoms with Crippen molar-refractivity contribution < 1.29 is 28.2 Å². The molecule has 168 valence electrons. The molecule has 32 heavy (non-hydrogen) atoms. The first-order chi connectivity index (χ1) is 15.3. The summed E-state index contributed by atoms with van der Waals surface area (Å²) in [6.45, 7) is 4.64. The molecule has 8 nitrogen and oxygen atoms in total. The monoisotopic (exact) mass is 459 g/mol. The number of carbonyl (C=O) groups excluding carboxylic acids is 3. The minimum absolute atomic E-state index is 0.0855. The third-order valence-corrected chi connectivity index (χ3v) is 5.64. The first-order valence-corrected chi connectivity index (χ1v) is 10.6. The van der Waals surface area contributed by atoms with E-state index in [0.717, 1.165) is 16.2 Å². The Labute approximate surface area is 188 Å². The zero-order valence-corrected chi connectivity index (χ0v) is 18.8. The zero-order valence-electron chi connectivity index (χ0n) is 18.0. The number of benzene rings is 1. The first-order valence-electron chi connectivity index (χ1n) is 9.74. The van der Waals surface area contributed by atoms with Crippen molar-refractivity contribution in [3.8, 4) is 0 Å². The van der Waals surface area contributed by atoms with Gasteiger partial charge in [0.1, 0.15) is 18.1 Å². The summed E-state index contributed by atoms with van der Waals surface area (Å²) < 4.78 is 24.3. The van der Waals surface area contributed by atoms with E-state index < -0.39 is 23.7 Å². The molecule has 0 aliphatic carbocycles. The van der Waals surface area contributed by atoms with Crippen molar-refractivity contribution in [3.63, 3.8) is 0 Å². The van der Waals surface area contributed by atoms with E-state index in [1.54, 1.807) is 18.4 Å². The number of aromatic nitrogens is 2. The lowest BCUT2D eigenvalue weighted by atomic mass is 10.1. The maximum Gasteiger partial charge on any atom is 0.355 e. The fourth-order valence-corrected chi connectivity index (χ4v) is 4.09. The minimum atomic E-state index is -0.653. The normalized spacial score (nSPS) is 10.7. The molecular weight excluding hydrogens is 437 g/mol. The number of amides is 1. The number of ether oxygens (including phenoxy) is 2. The molecule has 0 aliphatic rings. The number of thiazole rings is 1. The number of methoxy groups -OCH3 is 1. The lowest BCUT2D eigenvalue weighted by Gasteiger charge is -2.18. The summed E-state index contributed by atoms with van der Waals surface area (Å²) in [5, 5.41) is 1.88. The molecule has 0 atom stereocenters. The lowest BCUT2D eigenvalue weighted by Crippen LogP contribution is -2.23. The molecule has 2 aromatic heterocycles. The van der Waals surface area contributed by atoms with Gasteiger partial charge in [0.15, 0.2) is 5.13 Å². The van der Waals surface area contributed by atoms with Crippen LogP contribution in [0.25, 0.3) is 0 Å². The molecule has 0 unspecified atom stereocenters. The van der Waals surface area contributed by atoms with Crippen LogP contribution in [0.15, 0.2) is 29.6 Å². The lowest BCUT2D eigenvalue weighted by molar-refractivity contribution is -0.115. The van der Waals surface area contributed by atoms with Gasteiger partial charge in [-0.15, -0.1) is 11.3 Å². The number of nitrogens with zero attached hydrogens (tertiary/aromatic N) is 2. The van der Waals surface area contributed by atoms with Gasteiger partial charge in [0.05, 0.1) is 24.1 Å². The standard InChI is InChI=1S/C22H22FN3O5S/c1-5-16-18(20(28)30-4)12(2)19(25-16)21(29)31-10-14-11-32-22(24-14)26(13(3)27)17-9-7-6-8-15(17)23/h6-9,11,25H,5,10H2,1-4H3. The molecule has 1 N–H and O–H groups in total. The first kappa shape index (κ1) is 23.1. The molecule has 0 aliphatic heterocycles. The fraction of sp³-hybridized carbons (Fsp3) is 0.273. The van der Waals surface area contributed by atoms with Crippen LogP contribution in [0.1, 0.15) is 51.6 Å². The third kappa shape index (κ3) is 4.54. The average molecular weight is 459 g/mol. The molecule has 0 bridgehead atoms. The summed E-state index contributed by atoms with van der Waals surface area (Å²) in [7, 11) is 1.28. The number of hydrogen-bond acceptors (Lipinski definition) is 7. The molecule has 0 spiro atoms. The van der Waals surface area contributed by atoms with Crippen molar-refractivity contribution in [1.82, 2.24) is 9.97 Å². The van der Waals surface area contributed by atoms with E-state index in [-0.39, 0.29) is 23.1 Å². The largest absolute Gasteiger partial charge is 0.465 e. The van der Waals surface area contributed by atoms with Crippen LogP contribution in [0, 0.1) is 12.7 Å². The van der Waals surface area contributed by atoms with Gasteiger partial charge < -0.3 is 14.5 Å². The van der Waals surface area contributed by atoms with Crippen LogP contribution < -0.4 is 4.90 Å². The van der Waals surface area contributed by atoms with E-state index in [9.17, 15) is 18.8 Å². The van der Waals surface area contributed by atoms with Crippen molar-refractivity contribution in [2.45, 2.75) is 33.8 Å². The van der Waals surface area contributed by atoms with E-state index in [2.05, 4.69) is 9.97 Å². The van der Waals surface area contributed by atoms with E-state index in [0.29, 0.717) is 28.9 Å². The SMILES string of the molecule is CCc1[nH]c(C(=O)OCc2csc(N(C(C)=O)c3ccccc3F)n2)c(C)c1C(=O)OC. The highest BCUT2D eigenvalue weighted by Crippen LogP contribution is 2.31. The Bertz CT molecular complexity index is 1170. The highest BCUT2D eigenvalue weighted by Gasteiger charge is 2.25. The van der Waals surface area contributed by atoms with Gasteiger partial charge in [0, 0.05) is 18.0 Å². The number of para-hydroxylation sites is 1. The van der Waals surface area contributed by atoms with Gasteiger partial charge in [-0.25, -0.2) is 19.0 Å². The zero-order chi connectivity index (χ0) is 23.4. The Hall–Kier alpha value is -3.53.